The van der Waals surface area contributed by atoms with Gasteiger partial charge in [0.15, 0.2) is 0 Å². The minimum atomic E-state index is 0.703. The number of rotatable bonds is 14. The molecule has 0 spiro atoms. The molecule has 1 N–H and O–H groups in total. The van der Waals surface area contributed by atoms with Crippen LogP contribution in [0.2, 0.25) is 0 Å². The third kappa shape index (κ3) is 9.63. The van der Waals surface area contributed by atoms with Crippen molar-refractivity contribution in [1.29, 1.82) is 0 Å². The molecular formula is C19H39NS. The van der Waals surface area contributed by atoms with E-state index in [1.807, 2.05) is 0 Å². The van der Waals surface area contributed by atoms with Gasteiger partial charge in [-0.2, -0.15) is 11.8 Å². The number of allylic oxidation sites excluding steroid dienone is 1. The number of hydrogen-bond donors (Lipinski definition) is 1. The van der Waals surface area contributed by atoms with Crippen molar-refractivity contribution < 1.29 is 0 Å². The van der Waals surface area contributed by atoms with Gasteiger partial charge in [0.25, 0.3) is 0 Å². The Morgan fingerprint density at radius 1 is 1.19 bits per heavy atom. The quantitative estimate of drug-likeness (QED) is 0.409. The van der Waals surface area contributed by atoms with Crippen LogP contribution in [0.5, 0.6) is 0 Å². The van der Waals surface area contributed by atoms with Crippen LogP contribution in [0.1, 0.15) is 65.7 Å². The lowest BCUT2D eigenvalue weighted by atomic mass is 9.87. The number of hydrogen-bond acceptors (Lipinski definition) is 2. The number of nitrogens with one attached hydrogen (secondary N) is 1. The molecule has 0 saturated heterocycles. The van der Waals surface area contributed by atoms with Gasteiger partial charge in [0.2, 0.25) is 0 Å². The Balaban J connectivity index is 4.07. The molecule has 0 fully saturated rings. The van der Waals surface area contributed by atoms with Crippen molar-refractivity contribution in [2.24, 2.45) is 17.8 Å². The molecule has 0 aliphatic heterocycles. The van der Waals surface area contributed by atoms with Gasteiger partial charge in [0, 0.05) is 5.25 Å². The SMILES string of the molecule is C=CC(CCCC(C)C(CCC)SC)CC(CC)CNC. The van der Waals surface area contributed by atoms with Gasteiger partial charge < -0.3 is 5.32 Å². The minimum absolute atomic E-state index is 0.703. The lowest BCUT2D eigenvalue weighted by Crippen LogP contribution is -2.20. The van der Waals surface area contributed by atoms with Gasteiger partial charge in [-0.1, -0.05) is 46.1 Å². The molecule has 21 heavy (non-hydrogen) atoms. The van der Waals surface area contributed by atoms with Crippen LogP contribution in [-0.2, 0) is 0 Å². The van der Waals surface area contributed by atoms with Gasteiger partial charge in [0.05, 0.1) is 0 Å². The average molecular weight is 314 g/mol. The Morgan fingerprint density at radius 3 is 2.38 bits per heavy atom. The zero-order valence-electron chi connectivity index (χ0n) is 15.2. The van der Waals surface area contributed by atoms with Crippen LogP contribution >= 0.6 is 11.8 Å². The summed E-state index contributed by atoms with van der Waals surface area (Å²) >= 11 is 2.06. The molecule has 0 amide bonds. The molecule has 0 aromatic rings. The fraction of sp³-hybridized carbons (Fsp3) is 0.895. The van der Waals surface area contributed by atoms with Crippen LogP contribution < -0.4 is 5.32 Å². The summed E-state index contributed by atoms with van der Waals surface area (Å²) in [7, 11) is 2.06. The zero-order chi connectivity index (χ0) is 16.1. The van der Waals surface area contributed by atoms with Crippen LogP contribution in [0.15, 0.2) is 12.7 Å². The van der Waals surface area contributed by atoms with Gasteiger partial charge in [-0.25, -0.2) is 0 Å². The molecule has 0 aromatic carbocycles. The van der Waals surface area contributed by atoms with E-state index in [0.717, 1.165) is 23.6 Å². The molecule has 0 saturated carbocycles. The molecule has 0 aliphatic rings. The Hall–Kier alpha value is 0.0500. The molecule has 0 aliphatic carbocycles. The summed E-state index contributed by atoms with van der Waals surface area (Å²) < 4.78 is 0. The molecule has 4 atom stereocenters. The van der Waals surface area contributed by atoms with Crippen molar-refractivity contribution in [3.63, 3.8) is 0 Å². The standard InChI is InChI=1S/C19H39NS/c1-7-11-19(21-6)16(4)12-10-13-17(8-2)14-18(9-3)15-20-5/h8,16-20H,2,7,9-15H2,1,3-6H3. The van der Waals surface area contributed by atoms with E-state index in [0.29, 0.717) is 5.92 Å². The van der Waals surface area contributed by atoms with Crippen molar-refractivity contribution in [1.82, 2.24) is 5.32 Å². The molecule has 4 unspecified atom stereocenters. The summed E-state index contributed by atoms with van der Waals surface area (Å²) in [6.07, 6.45) is 13.8. The van der Waals surface area contributed by atoms with E-state index in [-0.39, 0.29) is 0 Å². The monoisotopic (exact) mass is 313 g/mol. The molecule has 0 bridgehead atoms. The van der Waals surface area contributed by atoms with E-state index in [9.17, 15) is 0 Å². The molecule has 0 aromatic heterocycles. The second-order valence-corrected chi connectivity index (χ2v) is 7.61. The van der Waals surface area contributed by atoms with E-state index in [1.54, 1.807) is 0 Å². The number of thioether (sulfide) groups is 1. The van der Waals surface area contributed by atoms with E-state index >= 15 is 0 Å². The first-order valence-electron chi connectivity index (χ1n) is 8.92. The highest BCUT2D eigenvalue weighted by molar-refractivity contribution is 7.99. The summed E-state index contributed by atoms with van der Waals surface area (Å²) in [6, 6.07) is 0. The van der Waals surface area contributed by atoms with Crippen LogP contribution in [0, 0.1) is 17.8 Å². The first-order chi connectivity index (χ1) is 10.1. The smallest absolute Gasteiger partial charge is 0.00698 e. The second-order valence-electron chi connectivity index (χ2n) is 6.53. The van der Waals surface area contributed by atoms with Gasteiger partial charge in [-0.05, 0) is 63.3 Å². The van der Waals surface area contributed by atoms with E-state index in [2.05, 4.69) is 63.8 Å². The first kappa shape index (κ1) is 21.0. The topological polar surface area (TPSA) is 12.0 Å². The predicted octanol–water partition coefficient (Wildman–Crippen LogP) is 5.76. The second kappa shape index (κ2) is 13.7. The summed E-state index contributed by atoms with van der Waals surface area (Å²) in [5.41, 5.74) is 0. The fourth-order valence-corrected chi connectivity index (χ4v) is 4.32. The van der Waals surface area contributed by atoms with Crippen LogP contribution in [-0.4, -0.2) is 25.1 Å². The van der Waals surface area contributed by atoms with Crippen molar-refractivity contribution in [2.75, 3.05) is 19.8 Å². The maximum absolute atomic E-state index is 4.06. The van der Waals surface area contributed by atoms with Crippen LogP contribution in [0.3, 0.4) is 0 Å². The van der Waals surface area contributed by atoms with E-state index in [4.69, 9.17) is 0 Å². The van der Waals surface area contributed by atoms with Crippen molar-refractivity contribution in [3.8, 4) is 0 Å². The van der Waals surface area contributed by atoms with Crippen molar-refractivity contribution in [3.05, 3.63) is 12.7 Å². The Morgan fingerprint density at radius 2 is 1.90 bits per heavy atom. The van der Waals surface area contributed by atoms with Gasteiger partial charge in [-0.3, -0.25) is 0 Å². The summed E-state index contributed by atoms with van der Waals surface area (Å²) in [5, 5.41) is 4.17. The molecule has 0 heterocycles. The van der Waals surface area contributed by atoms with E-state index < -0.39 is 0 Å². The summed E-state index contributed by atoms with van der Waals surface area (Å²) in [5.74, 6) is 2.36. The summed E-state index contributed by atoms with van der Waals surface area (Å²) in [6.45, 7) is 12.2. The molecule has 0 rings (SSSR count). The Labute approximate surface area is 138 Å². The molecule has 2 heteroatoms. The fourth-order valence-electron chi connectivity index (χ4n) is 3.25. The maximum Gasteiger partial charge on any atom is 0.00698 e. The Kier molecular flexibility index (Phi) is 13.7. The van der Waals surface area contributed by atoms with Crippen molar-refractivity contribution >= 4 is 11.8 Å². The third-order valence-electron chi connectivity index (χ3n) is 4.78. The molecular weight excluding hydrogens is 274 g/mol. The van der Waals surface area contributed by atoms with Crippen molar-refractivity contribution in [2.45, 2.75) is 71.0 Å². The zero-order valence-corrected chi connectivity index (χ0v) is 16.0. The Bertz CT molecular complexity index is 242. The molecule has 0 radical (unpaired) electrons. The summed E-state index contributed by atoms with van der Waals surface area (Å²) in [4.78, 5) is 0. The van der Waals surface area contributed by atoms with Gasteiger partial charge in [0.1, 0.15) is 0 Å². The highest BCUT2D eigenvalue weighted by Gasteiger charge is 2.16. The minimum Gasteiger partial charge on any atom is -0.319 e. The normalized spacial score (nSPS) is 17.2. The van der Waals surface area contributed by atoms with Gasteiger partial charge >= 0.3 is 0 Å². The predicted molar refractivity (Wildman–Crippen MR) is 101 cm³/mol. The third-order valence-corrected chi connectivity index (χ3v) is 6.09. The molecule has 126 valence electrons. The highest BCUT2D eigenvalue weighted by Crippen LogP contribution is 2.28. The van der Waals surface area contributed by atoms with Crippen LogP contribution in [0.25, 0.3) is 0 Å². The first-order valence-corrected chi connectivity index (χ1v) is 10.2. The maximum atomic E-state index is 4.06. The lowest BCUT2D eigenvalue weighted by Gasteiger charge is -2.23. The lowest BCUT2D eigenvalue weighted by molar-refractivity contribution is 0.361. The van der Waals surface area contributed by atoms with E-state index in [1.165, 1.54) is 44.9 Å². The molecule has 1 nitrogen and oxygen atoms in total. The highest BCUT2D eigenvalue weighted by atomic mass is 32.2. The average Bonchev–Trinajstić information content (AvgIpc) is 2.50. The largest absolute Gasteiger partial charge is 0.319 e. The van der Waals surface area contributed by atoms with Gasteiger partial charge in [-0.15, -0.1) is 6.58 Å². The van der Waals surface area contributed by atoms with Crippen LogP contribution in [0.4, 0.5) is 0 Å².